The molecule has 2 rings (SSSR count). The number of carboxylic acids is 1. The minimum atomic E-state index is -0.980. The number of carbonyl (C=O) groups is 2. The van der Waals surface area contributed by atoms with Crippen LogP contribution >= 0.6 is 0 Å². The van der Waals surface area contributed by atoms with Gasteiger partial charge in [-0.15, -0.1) is 0 Å². The average Bonchev–Trinajstić information content (AvgIpc) is 3.11. The van der Waals surface area contributed by atoms with Crippen LogP contribution in [0.15, 0.2) is 4.52 Å². The van der Waals surface area contributed by atoms with Crippen molar-refractivity contribution in [2.24, 2.45) is 0 Å². The van der Waals surface area contributed by atoms with Gasteiger partial charge >= 0.3 is 5.97 Å². The molecule has 0 unspecified atom stereocenters. The molecule has 1 aliphatic carbocycles. The first-order chi connectivity index (χ1) is 8.91. The second-order valence-electron chi connectivity index (χ2n) is 5.05. The third kappa shape index (κ3) is 2.77. The average molecular weight is 266 g/mol. The molecule has 1 heterocycles. The number of aryl methyl sites for hydroxylation is 2. The lowest BCUT2D eigenvalue weighted by atomic mass is 9.98. The van der Waals surface area contributed by atoms with Crippen LogP contribution in [0.5, 0.6) is 0 Å². The van der Waals surface area contributed by atoms with Gasteiger partial charge in [0.15, 0.2) is 0 Å². The van der Waals surface area contributed by atoms with E-state index in [9.17, 15) is 9.59 Å². The second-order valence-corrected chi connectivity index (χ2v) is 5.05. The molecule has 1 aromatic heterocycles. The zero-order valence-corrected chi connectivity index (χ0v) is 11.3. The lowest BCUT2D eigenvalue weighted by molar-refractivity contribution is -0.145. The predicted octanol–water partition coefficient (Wildman–Crippen LogP) is 1.47. The summed E-state index contributed by atoms with van der Waals surface area (Å²) < 4.78 is 5.07. The highest BCUT2D eigenvalue weighted by atomic mass is 16.5. The van der Waals surface area contributed by atoms with Crippen molar-refractivity contribution in [3.63, 3.8) is 0 Å². The van der Waals surface area contributed by atoms with Gasteiger partial charge in [0.2, 0.25) is 5.91 Å². The largest absolute Gasteiger partial charge is 0.480 e. The van der Waals surface area contributed by atoms with Crippen molar-refractivity contribution in [2.45, 2.75) is 45.6 Å². The monoisotopic (exact) mass is 266 g/mol. The first kappa shape index (κ1) is 13.6. The molecule has 1 aliphatic rings. The summed E-state index contributed by atoms with van der Waals surface area (Å²) >= 11 is 0. The quantitative estimate of drug-likeness (QED) is 0.872. The maximum atomic E-state index is 12.5. The Morgan fingerprint density at radius 3 is 2.53 bits per heavy atom. The molecule has 0 spiro atoms. The van der Waals surface area contributed by atoms with Gasteiger partial charge in [-0.1, -0.05) is 5.16 Å². The Bertz CT molecular complexity index is 485. The van der Waals surface area contributed by atoms with Gasteiger partial charge < -0.3 is 14.5 Å². The van der Waals surface area contributed by atoms with Crippen molar-refractivity contribution >= 4 is 11.9 Å². The lowest BCUT2D eigenvalue weighted by Gasteiger charge is -2.24. The highest BCUT2D eigenvalue weighted by Crippen LogP contribution is 2.31. The van der Waals surface area contributed by atoms with E-state index in [0.717, 1.165) is 18.4 Å². The predicted molar refractivity (Wildman–Crippen MR) is 66.8 cm³/mol. The molecule has 1 fully saturated rings. The molecular formula is C13H18N2O4. The van der Waals surface area contributed by atoms with Gasteiger partial charge in [0.25, 0.3) is 0 Å². The lowest BCUT2D eigenvalue weighted by Crippen LogP contribution is -2.40. The van der Waals surface area contributed by atoms with Crippen molar-refractivity contribution in [2.75, 3.05) is 6.54 Å². The molecule has 1 saturated carbocycles. The first-order valence-electron chi connectivity index (χ1n) is 6.36. The van der Waals surface area contributed by atoms with Gasteiger partial charge in [0, 0.05) is 11.6 Å². The number of hydrogen-bond donors (Lipinski definition) is 1. The summed E-state index contributed by atoms with van der Waals surface area (Å²) in [7, 11) is 0. The Labute approximate surface area is 111 Å². The number of amides is 1. The van der Waals surface area contributed by atoms with Gasteiger partial charge in [0.05, 0.1) is 11.6 Å². The van der Waals surface area contributed by atoms with Gasteiger partial charge in [-0.05, 0) is 33.6 Å². The molecule has 104 valence electrons. The molecule has 0 bridgehead atoms. The molecule has 1 N–H and O–H groups in total. The van der Waals surface area contributed by atoms with Crippen LogP contribution in [0.1, 0.15) is 42.7 Å². The summed E-state index contributed by atoms with van der Waals surface area (Å²) in [6.45, 7) is 5.08. The number of carboxylic acid groups (broad SMARTS) is 1. The number of aromatic nitrogens is 1. The molecule has 19 heavy (non-hydrogen) atoms. The molecule has 1 amide bonds. The smallest absolute Gasteiger partial charge is 0.323 e. The number of rotatable bonds is 5. The van der Waals surface area contributed by atoms with Crippen LogP contribution < -0.4 is 0 Å². The third-order valence-corrected chi connectivity index (χ3v) is 3.47. The van der Waals surface area contributed by atoms with Gasteiger partial charge in [-0.2, -0.15) is 0 Å². The van der Waals surface area contributed by atoms with E-state index in [1.165, 1.54) is 4.90 Å². The van der Waals surface area contributed by atoms with Gasteiger partial charge in [-0.3, -0.25) is 9.59 Å². The summed E-state index contributed by atoms with van der Waals surface area (Å²) in [6, 6.07) is 0.0755. The third-order valence-electron chi connectivity index (χ3n) is 3.47. The van der Waals surface area contributed by atoms with Crippen LogP contribution in [0.2, 0.25) is 0 Å². The fourth-order valence-electron chi connectivity index (χ4n) is 2.40. The Kier molecular flexibility index (Phi) is 3.59. The summed E-state index contributed by atoms with van der Waals surface area (Å²) in [5.74, 6) is -0.957. The first-order valence-corrected chi connectivity index (χ1v) is 6.36. The molecule has 6 nitrogen and oxygen atoms in total. The number of carbonyl (C=O) groups excluding carboxylic acids is 1. The normalized spacial score (nSPS) is 16.2. The van der Waals surface area contributed by atoms with E-state index in [0.29, 0.717) is 11.5 Å². The summed E-state index contributed by atoms with van der Waals surface area (Å²) in [4.78, 5) is 24.8. The van der Waals surface area contributed by atoms with E-state index >= 15 is 0 Å². The topological polar surface area (TPSA) is 83.6 Å². The van der Waals surface area contributed by atoms with Crippen molar-refractivity contribution in [1.29, 1.82) is 0 Å². The fraction of sp³-hybridized carbons (Fsp3) is 0.615. The number of nitrogens with zero attached hydrogens (tertiary/aromatic N) is 2. The highest BCUT2D eigenvalue weighted by molar-refractivity contribution is 5.87. The molecule has 0 aromatic carbocycles. The minimum absolute atomic E-state index is 0.0755. The SMILES string of the molecule is Cc1noc(C)c1[C@H](C)C(=O)N(CC(=O)O)C1CC1. The number of aliphatic carboxylic acids is 1. The van der Waals surface area contributed by atoms with Crippen LogP contribution in [0.4, 0.5) is 0 Å². The van der Waals surface area contributed by atoms with Gasteiger partial charge in [-0.25, -0.2) is 0 Å². The van der Waals surface area contributed by atoms with Crippen molar-refractivity contribution < 1.29 is 19.2 Å². The van der Waals surface area contributed by atoms with Crippen molar-refractivity contribution in [3.05, 3.63) is 17.0 Å². The minimum Gasteiger partial charge on any atom is -0.480 e. The summed E-state index contributed by atoms with van der Waals surface area (Å²) in [6.07, 6.45) is 1.76. The van der Waals surface area contributed by atoms with Crippen LogP contribution in [-0.2, 0) is 9.59 Å². The fourth-order valence-corrected chi connectivity index (χ4v) is 2.40. The van der Waals surface area contributed by atoms with Crippen LogP contribution in [0, 0.1) is 13.8 Å². The second kappa shape index (κ2) is 5.03. The Morgan fingerprint density at radius 1 is 1.47 bits per heavy atom. The molecule has 0 aliphatic heterocycles. The Hall–Kier alpha value is -1.85. The van der Waals surface area contributed by atoms with E-state index in [4.69, 9.17) is 9.63 Å². The zero-order chi connectivity index (χ0) is 14.2. The van der Waals surface area contributed by atoms with Crippen molar-refractivity contribution in [3.8, 4) is 0 Å². The van der Waals surface area contributed by atoms with Crippen LogP contribution in [0.25, 0.3) is 0 Å². The molecule has 6 heteroatoms. The van der Waals surface area contributed by atoms with Crippen molar-refractivity contribution in [1.82, 2.24) is 10.1 Å². The molecule has 0 radical (unpaired) electrons. The zero-order valence-electron chi connectivity index (χ0n) is 11.3. The Morgan fingerprint density at radius 2 is 2.11 bits per heavy atom. The van der Waals surface area contributed by atoms with E-state index in [1.807, 2.05) is 0 Å². The molecular weight excluding hydrogens is 248 g/mol. The highest BCUT2D eigenvalue weighted by Gasteiger charge is 2.37. The maximum absolute atomic E-state index is 12.5. The number of hydrogen-bond acceptors (Lipinski definition) is 4. The summed E-state index contributed by atoms with van der Waals surface area (Å²) in [5, 5.41) is 12.7. The van der Waals surface area contributed by atoms with Crippen LogP contribution in [-0.4, -0.2) is 39.6 Å². The van der Waals surface area contributed by atoms with E-state index < -0.39 is 11.9 Å². The Balaban J connectivity index is 2.19. The standard InChI is InChI=1S/C13H18N2O4/c1-7(12-8(2)14-19-9(12)3)13(18)15(6-11(16)17)10-4-5-10/h7,10H,4-6H2,1-3H3,(H,16,17)/t7-/m0/s1. The van der Waals surface area contributed by atoms with Crippen LogP contribution in [0.3, 0.4) is 0 Å². The maximum Gasteiger partial charge on any atom is 0.323 e. The molecule has 1 aromatic rings. The summed E-state index contributed by atoms with van der Waals surface area (Å²) in [5.41, 5.74) is 1.45. The van der Waals surface area contributed by atoms with E-state index in [2.05, 4.69) is 5.16 Å². The van der Waals surface area contributed by atoms with Gasteiger partial charge in [0.1, 0.15) is 12.3 Å². The van der Waals surface area contributed by atoms with E-state index in [1.54, 1.807) is 20.8 Å². The molecule has 1 atom stereocenters. The van der Waals surface area contributed by atoms with E-state index in [-0.39, 0.29) is 18.5 Å². The molecule has 0 saturated heterocycles.